The quantitative estimate of drug-likeness (QED) is 0.204. The molecule has 0 aliphatic heterocycles. The standard InChI is InChI=1S/C21H21NO7S/c1-3-19(25)29-22-13(2)20(26)14-4-7-16(8-5-14)30-18-9-6-15(12-17(18)24)21(27)28-11-10-23/h4-9,12,23-24H,3,10-11H2,1-2H3/b22-13+. The van der Waals surface area contributed by atoms with Crippen molar-refractivity contribution in [3.63, 3.8) is 0 Å². The minimum absolute atomic E-state index is 0.0542. The van der Waals surface area contributed by atoms with E-state index in [2.05, 4.69) is 9.99 Å². The molecule has 0 fully saturated rings. The van der Waals surface area contributed by atoms with Crippen molar-refractivity contribution >= 4 is 35.2 Å². The van der Waals surface area contributed by atoms with E-state index in [0.717, 1.165) is 4.90 Å². The molecule has 2 N–H and O–H groups in total. The molecule has 0 radical (unpaired) electrons. The maximum Gasteiger partial charge on any atom is 0.338 e. The Labute approximate surface area is 177 Å². The monoisotopic (exact) mass is 431 g/mol. The summed E-state index contributed by atoms with van der Waals surface area (Å²) in [7, 11) is 0. The number of esters is 1. The Bertz CT molecular complexity index is 954. The number of carbonyl (C=O) groups is 3. The number of benzene rings is 2. The molecule has 2 aromatic carbocycles. The van der Waals surface area contributed by atoms with Gasteiger partial charge >= 0.3 is 11.9 Å². The van der Waals surface area contributed by atoms with E-state index in [0.29, 0.717) is 10.5 Å². The number of ether oxygens (including phenoxy) is 1. The lowest BCUT2D eigenvalue weighted by Crippen LogP contribution is -2.12. The highest BCUT2D eigenvalue weighted by molar-refractivity contribution is 7.99. The van der Waals surface area contributed by atoms with Crippen LogP contribution >= 0.6 is 11.8 Å². The number of carbonyl (C=O) groups excluding carboxylic acids is 3. The summed E-state index contributed by atoms with van der Waals surface area (Å²) >= 11 is 1.25. The van der Waals surface area contributed by atoms with Crippen LogP contribution in [0.1, 0.15) is 41.0 Å². The number of hydrogen-bond acceptors (Lipinski definition) is 9. The average molecular weight is 431 g/mol. The SMILES string of the molecule is CCC(=O)O/N=C(\C)C(=O)c1ccc(Sc2ccc(C(=O)OCCO)cc2O)cc1. The first kappa shape index (κ1) is 23.1. The Hall–Kier alpha value is -3.17. The van der Waals surface area contributed by atoms with Crippen LogP contribution in [0, 0.1) is 0 Å². The molecule has 0 spiro atoms. The molecule has 158 valence electrons. The normalized spacial score (nSPS) is 11.1. The van der Waals surface area contributed by atoms with Crippen LogP contribution in [0.5, 0.6) is 5.75 Å². The van der Waals surface area contributed by atoms with Gasteiger partial charge in [0, 0.05) is 16.9 Å². The highest BCUT2D eigenvalue weighted by atomic mass is 32.2. The predicted octanol–water partition coefficient (Wildman–Crippen LogP) is 3.20. The Balaban J connectivity index is 2.06. The van der Waals surface area contributed by atoms with Gasteiger partial charge in [0.2, 0.25) is 5.78 Å². The Kier molecular flexibility index (Phi) is 8.57. The number of phenols is 1. The molecular formula is C21H21NO7S. The lowest BCUT2D eigenvalue weighted by molar-refractivity contribution is -0.143. The zero-order chi connectivity index (χ0) is 22.1. The van der Waals surface area contributed by atoms with E-state index < -0.39 is 11.9 Å². The largest absolute Gasteiger partial charge is 0.507 e. The van der Waals surface area contributed by atoms with Gasteiger partial charge in [0.25, 0.3) is 0 Å². The van der Waals surface area contributed by atoms with Crippen molar-refractivity contribution in [3.8, 4) is 5.75 Å². The van der Waals surface area contributed by atoms with Gasteiger partial charge in [-0.25, -0.2) is 9.59 Å². The van der Waals surface area contributed by atoms with Crippen LogP contribution in [0.3, 0.4) is 0 Å². The summed E-state index contributed by atoms with van der Waals surface area (Å²) < 4.78 is 4.81. The molecule has 30 heavy (non-hydrogen) atoms. The fourth-order valence-corrected chi connectivity index (χ4v) is 3.01. The molecule has 2 aromatic rings. The number of oxime groups is 1. The summed E-state index contributed by atoms with van der Waals surface area (Å²) in [6.07, 6.45) is 0.161. The minimum Gasteiger partial charge on any atom is -0.507 e. The number of nitrogens with zero attached hydrogens (tertiary/aromatic N) is 1. The van der Waals surface area contributed by atoms with Gasteiger partial charge in [-0.15, -0.1) is 0 Å². The van der Waals surface area contributed by atoms with Gasteiger partial charge in [0.05, 0.1) is 17.1 Å². The van der Waals surface area contributed by atoms with Crippen LogP contribution in [-0.2, 0) is 14.4 Å². The van der Waals surface area contributed by atoms with Crippen molar-refractivity contribution in [2.45, 2.75) is 30.1 Å². The van der Waals surface area contributed by atoms with Gasteiger partial charge in [-0.1, -0.05) is 23.8 Å². The fraction of sp³-hybridized carbons (Fsp3) is 0.238. The molecule has 0 bridgehead atoms. The molecule has 0 saturated heterocycles. The summed E-state index contributed by atoms with van der Waals surface area (Å²) in [6, 6.07) is 11.0. The van der Waals surface area contributed by atoms with Crippen LogP contribution in [0.25, 0.3) is 0 Å². The molecule has 9 heteroatoms. The molecule has 0 aliphatic rings. The number of phenolic OH excluding ortho intramolecular Hbond substituents is 1. The van der Waals surface area contributed by atoms with Crippen molar-refractivity contribution in [2.24, 2.45) is 5.16 Å². The van der Waals surface area contributed by atoms with Gasteiger partial charge in [0.15, 0.2) is 0 Å². The highest BCUT2D eigenvalue weighted by Crippen LogP contribution is 2.35. The summed E-state index contributed by atoms with van der Waals surface area (Å²) in [4.78, 5) is 41.1. The van der Waals surface area contributed by atoms with Crippen molar-refractivity contribution in [3.05, 3.63) is 53.6 Å². The third-order valence-corrected chi connectivity index (χ3v) is 4.84. The van der Waals surface area contributed by atoms with Gasteiger partial charge < -0.3 is 19.8 Å². The average Bonchev–Trinajstić information content (AvgIpc) is 2.76. The first-order chi connectivity index (χ1) is 14.3. The van der Waals surface area contributed by atoms with E-state index >= 15 is 0 Å². The van der Waals surface area contributed by atoms with Gasteiger partial charge in [-0.05, 0) is 49.4 Å². The minimum atomic E-state index is -0.639. The van der Waals surface area contributed by atoms with Crippen molar-refractivity contribution in [1.29, 1.82) is 0 Å². The number of aliphatic hydroxyl groups excluding tert-OH is 1. The van der Waals surface area contributed by atoms with Crippen molar-refractivity contribution in [2.75, 3.05) is 13.2 Å². The molecule has 0 saturated carbocycles. The van der Waals surface area contributed by atoms with E-state index in [1.54, 1.807) is 37.3 Å². The van der Waals surface area contributed by atoms with Crippen LogP contribution in [0.4, 0.5) is 0 Å². The second-order valence-electron chi connectivity index (χ2n) is 5.99. The zero-order valence-electron chi connectivity index (χ0n) is 16.5. The molecule has 0 heterocycles. The topological polar surface area (TPSA) is 122 Å². The van der Waals surface area contributed by atoms with E-state index in [1.807, 2.05) is 0 Å². The van der Waals surface area contributed by atoms with E-state index in [-0.39, 0.29) is 42.4 Å². The van der Waals surface area contributed by atoms with Gasteiger partial charge in [-0.2, -0.15) is 0 Å². The summed E-state index contributed by atoms with van der Waals surface area (Å²) in [5, 5.41) is 22.4. The zero-order valence-corrected chi connectivity index (χ0v) is 17.3. The number of rotatable bonds is 9. The van der Waals surface area contributed by atoms with Gasteiger partial charge in [-0.3, -0.25) is 4.79 Å². The van der Waals surface area contributed by atoms with Crippen LogP contribution in [0.15, 0.2) is 57.4 Å². The molecule has 0 aliphatic carbocycles. The maximum absolute atomic E-state index is 12.3. The number of hydrogen-bond donors (Lipinski definition) is 2. The lowest BCUT2D eigenvalue weighted by Gasteiger charge is -2.08. The Morgan fingerprint density at radius 2 is 1.73 bits per heavy atom. The second-order valence-corrected chi connectivity index (χ2v) is 7.11. The Morgan fingerprint density at radius 3 is 2.33 bits per heavy atom. The molecule has 0 aromatic heterocycles. The van der Waals surface area contributed by atoms with Crippen LogP contribution in [-0.4, -0.2) is 46.9 Å². The molecule has 2 rings (SSSR count). The highest BCUT2D eigenvalue weighted by Gasteiger charge is 2.13. The number of aromatic hydroxyl groups is 1. The number of Topliss-reactive ketones (excluding diaryl/α,β-unsaturated/α-hetero) is 1. The van der Waals surface area contributed by atoms with E-state index in [1.165, 1.54) is 30.8 Å². The molecule has 0 unspecified atom stereocenters. The molecule has 8 nitrogen and oxygen atoms in total. The van der Waals surface area contributed by atoms with Crippen LogP contribution < -0.4 is 0 Å². The summed E-state index contributed by atoms with van der Waals surface area (Å²) in [6.45, 7) is 2.69. The molecular weight excluding hydrogens is 410 g/mol. The van der Waals surface area contributed by atoms with E-state index in [9.17, 15) is 19.5 Å². The Morgan fingerprint density at radius 1 is 1.07 bits per heavy atom. The maximum atomic E-state index is 12.3. The molecule has 0 atom stereocenters. The van der Waals surface area contributed by atoms with Crippen molar-refractivity contribution in [1.82, 2.24) is 0 Å². The third-order valence-electron chi connectivity index (χ3n) is 3.77. The first-order valence-corrected chi connectivity index (χ1v) is 9.85. The summed E-state index contributed by atoms with van der Waals surface area (Å²) in [5.74, 6) is -1.63. The smallest absolute Gasteiger partial charge is 0.338 e. The molecule has 0 amide bonds. The van der Waals surface area contributed by atoms with Crippen LogP contribution in [0.2, 0.25) is 0 Å². The summed E-state index contributed by atoms with van der Waals surface area (Å²) in [5.41, 5.74) is 0.600. The van der Waals surface area contributed by atoms with Crippen molar-refractivity contribution < 1.29 is 34.2 Å². The van der Waals surface area contributed by atoms with E-state index in [4.69, 9.17) is 9.84 Å². The first-order valence-electron chi connectivity index (χ1n) is 9.03. The lowest BCUT2D eigenvalue weighted by atomic mass is 10.1. The predicted molar refractivity (Wildman–Crippen MR) is 110 cm³/mol. The third kappa shape index (κ3) is 6.43. The second kappa shape index (κ2) is 11.1. The van der Waals surface area contributed by atoms with Gasteiger partial charge in [0.1, 0.15) is 18.1 Å². The number of ketones is 1. The fourth-order valence-electron chi connectivity index (χ4n) is 2.19. The number of aliphatic hydroxyl groups is 1.